The minimum absolute atomic E-state index is 0.648. The molecule has 3 rings (SSSR count). The van der Waals surface area contributed by atoms with Gasteiger partial charge in [0.05, 0.1) is 0 Å². The summed E-state index contributed by atoms with van der Waals surface area (Å²) in [5.41, 5.74) is 9.67. The average molecular weight is 268 g/mol. The summed E-state index contributed by atoms with van der Waals surface area (Å²) in [7, 11) is 0. The van der Waals surface area contributed by atoms with Gasteiger partial charge in [-0.15, -0.1) is 10.2 Å². The molecule has 3 aromatic rings. The third-order valence-electron chi connectivity index (χ3n) is 3.43. The molecule has 2 aromatic heterocycles. The number of fused-ring (bicyclic) bond motifs is 1. The maximum absolute atomic E-state index is 5.91. The highest BCUT2D eigenvalue weighted by molar-refractivity contribution is 5.62. The van der Waals surface area contributed by atoms with Crippen LogP contribution in [0.1, 0.15) is 17.0 Å². The Bertz CT molecular complexity index is 761. The van der Waals surface area contributed by atoms with Crippen molar-refractivity contribution < 1.29 is 0 Å². The molecule has 6 nitrogen and oxygen atoms in total. The Morgan fingerprint density at radius 3 is 2.95 bits per heavy atom. The molecule has 0 saturated carbocycles. The topological polar surface area (TPSA) is 81.1 Å². The van der Waals surface area contributed by atoms with Crippen molar-refractivity contribution in [3.05, 3.63) is 47.5 Å². The van der Waals surface area contributed by atoms with Gasteiger partial charge < -0.3 is 11.1 Å². The van der Waals surface area contributed by atoms with E-state index in [0.717, 1.165) is 34.1 Å². The van der Waals surface area contributed by atoms with Crippen molar-refractivity contribution >= 4 is 17.2 Å². The molecule has 0 bridgehead atoms. The maximum atomic E-state index is 5.91. The summed E-state index contributed by atoms with van der Waals surface area (Å²) in [6, 6.07) is 5.90. The molecule has 3 N–H and O–H groups in total. The van der Waals surface area contributed by atoms with Crippen LogP contribution in [0, 0.1) is 13.8 Å². The molecule has 0 fully saturated rings. The molecule has 1 aromatic carbocycles. The Hall–Kier alpha value is -2.63. The van der Waals surface area contributed by atoms with Crippen molar-refractivity contribution in [2.75, 3.05) is 11.1 Å². The van der Waals surface area contributed by atoms with Crippen LogP contribution in [0.25, 0.3) is 5.65 Å². The Balaban J connectivity index is 1.89. The van der Waals surface area contributed by atoms with Gasteiger partial charge >= 0.3 is 0 Å². The fraction of sp³-hybridized carbons (Fsp3) is 0.214. The van der Waals surface area contributed by atoms with E-state index in [9.17, 15) is 0 Å². The third-order valence-corrected chi connectivity index (χ3v) is 3.43. The van der Waals surface area contributed by atoms with E-state index >= 15 is 0 Å². The van der Waals surface area contributed by atoms with Gasteiger partial charge in [0.15, 0.2) is 5.82 Å². The molecule has 2 heterocycles. The lowest BCUT2D eigenvalue weighted by Crippen LogP contribution is -2.06. The van der Waals surface area contributed by atoms with E-state index in [1.165, 1.54) is 0 Å². The number of aryl methyl sites for hydroxylation is 1. The van der Waals surface area contributed by atoms with Gasteiger partial charge in [0, 0.05) is 24.6 Å². The Labute approximate surface area is 116 Å². The van der Waals surface area contributed by atoms with E-state index in [1.54, 1.807) is 6.20 Å². The maximum Gasteiger partial charge on any atom is 0.203 e. The lowest BCUT2D eigenvalue weighted by Gasteiger charge is -2.10. The average Bonchev–Trinajstić information content (AvgIpc) is 2.83. The van der Waals surface area contributed by atoms with E-state index in [4.69, 9.17) is 5.73 Å². The van der Waals surface area contributed by atoms with Crippen molar-refractivity contribution in [3.8, 4) is 0 Å². The van der Waals surface area contributed by atoms with Gasteiger partial charge in [0.25, 0.3) is 0 Å². The van der Waals surface area contributed by atoms with Gasteiger partial charge in [-0.1, -0.05) is 12.1 Å². The van der Waals surface area contributed by atoms with Crippen molar-refractivity contribution in [2.24, 2.45) is 0 Å². The molecular weight excluding hydrogens is 252 g/mol. The quantitative estimate of drug-likeness (QED) is 0.709. The third kappa shape index (κ3) is 2.05. The van der Waals surface area contributed by atoms with E-state index in [2.05, 4.69) is 20.5 Å². The molecule has 0 aliphatic heterocycles. The highest BCUT2D eigenvalue weighted by Crippen LogP contribution is 2.18. The fourth-order valence-corrected chi connectivity index (χ4v) is 2.14. The number of nitrogens with one attached hydrogen (secondary N) is 1. The monoisotopic (exact) mass is 268 g/mol. The van der Waals surface area contributed by atoms with Gasteiger partial charge in [-0.2, -0.15) is 0 Å². The van der Waals surface area contributed by atoms with Gasteiger partial charge in [-0.25, -0.2) is 4.98 Å². The zero-order chi connectivity index (χ0) is 14.1. The first-order chi connectivity index (χ1) is 9.66. The Morgan fingerprint density at radius 1 is 1.25 bits per heavy atom. The highest BCUT2D eigenvalue weighted by Gasteiger charge is 2.08. The van der Waals surface area contributed by atoms with Crippen LogP contribution in [0.3, 0.4) is 0 Å². The minimum atomic E-state index is 0.648. The lowest BCUT2D eigenvalue weighted by molar-refractivity contribution is 0.999. The van der Waals surface area contributed by atoms with Crippen molar-refractivity contribution in [1.82, 2.24) is 19.6 Å². The molecule has 102 valence electrons. The van der Waals surface area contributed by atoms with Crippen LogP contribution in [-0.2, 0) is 6.54 Å². The number of rotatable bonds is 3. The molecule has 0 aliphatic rings. The number of hydrogen-bond donors (Lipinski definition) is 2. The SMILES string of the molecule is Cc1c(N)cccc1CNc1nccn2c(C)nnc12. The molecule has 0 saturated heterocycles. The summed E-state index contributed by atoms with van der Waals surface area (Å²) in [4.78, 5) is 4.32. The summed E-state index contributed by atoms with van der Waals surface area (Å²) >= 11 is 0. The number of nitrogens with zero attached hydrogens (tertiary/aromatic N) is 4. The number of aromatic nitrogens is 4. The molecule has 0 spiro atoms. The minimum Gasteiger partial charge on any atom is -0.399 e. The van der Waals surface area contributed by atoms with E-state index in [0.29, 0.717) is 6.54 Å². The molecule has 0 aliphatic carbocycles. The van der Waals surface area contributed by atoms with Gasteiger partial charge in [0.1, 0.15) is 5.82 Å². The van der Waals surface area contributed by atoms with E-state index in [-0.39, 0.29) is 0 Å². The van der Waals surface area contributed by atoms with Gasteiger partial charge in [0.2, 0.25) is 5.65 Å². The summed E-state index contributed by atoms with van der Waals surface area (Å²) in [6.07, 6.45) is 3.58. The Morgan fingerprint density at radius 2 is 2.10 bits per heavy atom. The van der Waals surface area contributed by atoms with Gasteiger partial charge in [-0.05, 0) is 31.0 Å². The summed E-state index contributed by atoms with van der Waals surface area (Å²) in [5, 5.41) is 11.5. The molecular formula is C14H16N6. The van der Waals surface area contributed by atoms with Crippen molar-refractivity contribution in [2.45, 2.75) is 20.4 Å². The Kier molecular flexibility index (Phi) is 2.98. The first-order valence-electron chi connectivity index (χ1n) is 6.41. The van der Waals surface area contributed by atoms with Crippen molar-refractivity contribution in [1.29, 1.82) is 0 Å². The number of benzene rings is 1. The summed E-state index contributed by atoms with van der Waals surface area (Å²) < 4.78 is 1.90. The largest absolute Gasteiger partial charge is 0.399 e. The smallest absolute Gasteiger partial charge is 0.203 e. The molecule has 0 atom stereocenters. The number of anilines is 2. The molecule has 0 amide bonds. The first kappa shape index (κ1) is 12.4. The summed E-state index contributed by atoms with van der Waals surface area (Å²) in [6.45, 7) is 4.57. The molecule has 0 unspecified atom stereocenters. The zero-order valence-electron chi connectivity index (χ0n) is 11.5. The molecule has 0 radical (unpaired) electrons. The standard InChI is InChI=1S/C14H16N6/c1-9-11(4-3-5-12(9)15)8-17-13-14-19-18-10(2)20(14)7-6-16-13/h3-7H,8,15H2,1-2H3,(H,16,17). The lowest BCUT2D eigenvalue weighted by atomic mass is 10.1. The van der Waals surface area contributed by atoms with Crippen molar-refractivity contribution in [3.63, 3.8) is 0 Å². The first-order valence-corrected chi connectivity index (χ1v) is 6.41. The van der Waals surface area contributed by atoms with Crippen LogP contribution < -0.4 is 11.1 Å². The fourth-order valence-electron chi connectivity index (χ4n) is 2.14. The predicted octanol–water partition coefficient (Wildman–Crippen LogP) is 1.94. The number of nitrogen functional groups attached to an aromatic ring is 1. The normalized spacial score (nSPS) is 10.9. The van der Waals surface area contributed by atoms with Crippen LogP contribution in [0.2, 0.25) is 0 Å². The van der Waals surface area contributed by atoms with Crippen LogP contribution in [0.4, 0.5) is 11.5 Å². The second kappa shape index (κ2) is 4.80. The molecule has 20 heavy (non-hydrogen) atoms. The zero-order valence-corrected chi connectivity index (χ0v) is 11.5. The van der Waals surface area contributed by atoms with E-state index < -0.39 is 0 Å². The second-order valence-corrected chi connectivity index (χ2v) is 4.70. The van der Waals surface area contributed by atoms with Gasteiger partial charge in [-0.3, -0.25) is 4.40 Å². The predicted molar refractivity (Wildman–Crippen MR) is 78.4 cm³/mol. The van der Waals surface area contributed by atoms with Crippen LogP contribution >= 0.6 is 0 Å². The van der Waals surface area contributed by atoms with Crippen LogP contribution in [0.5, 0.6) is 0 Å². The van der Waals surface area contributed by atoms with Crippen LogP contribution in [-0.4, -0.2) is 19.6 Å². The second-order valence-electron chi connectivity index (χ2n) is 4.70. The van der Waals surface area contributed by atoms with E-state index in [1.807, 2.05) is 42.6 Å². The highest BCUT2D eigenvalue weighted by atomic mass is 15.3. The number of nitrogens with two attached hydrogens (primary N) is 1. The number of hydrogen-bond acceptors (Lipinski definition) is 5. The van der Waals surface area contributed by atoms with Crippen LogP contribution in [0.15, 0.2) is 30.6 Å². The molecule has 6 heteroatoms. The summed E-state index contributed by atoms with van der Waals surface area (Å²) in [5.74, 6) is 1.56.